The van der Waals surface area contributed by atoms with Crippen LogP contribution in [0.1, 0.15) is 17.4 Å². The number of carbonyl (C=O) groups is 1. The van der Waals surface area contributed by atoms with Gasteiger partial charge in [0.05, 0.1) is 31.2 Å². The molecule has 150 valence electrons. The van der Waals surface area contributed by atoms with Crippen molar-refractivity contribution in [3.63, 3.8) is 0 Å². The van der Waals surface area contributed by atoms with Gasteiger partial charge in [-0.15, -0.1) is 11.3 Å². The standard InChI is InChI=1S/C22H23N3O3S/c1-2-28-17-9-7-16(8-10-17)22-24-19(15-29-22)21(26)23-18-5-3-4-6-20(18)25-11-13-27-14-12-25/h3-10,15H,2,11-14H2,1H3,(H,23,26). The van der Waals surface area contributed by atoms with Crippen molar-refractivity contribution in [1.82, 2.24) is 4.98 Å². The second-order valence-electron chi connectivity index (χ2n) is 6.57. The van der Waals surface area contributed by atoms with E-state index in [0.717, 1.165) is 40.8 Å². The third-order valence-electron chi connectivity index (χ3n) is 4.65. The molecule has 2 heterocycles. The van der Waals surface area contributed by atoms with E-state index >= 15 is 0 Å². The number of benzene rings is 2. The van der Waals surface area contributed by atoms with Crippen molar-refractivity contribution in [2.45, 2.75) is 6.92 Å². The summed E-state index contributed by atoms with van der Waals surface area (Å²) < 4.78 is 10.9. The first-order valence-electron chi connectivity index (χ1n) is 9.66. The van der Waals surface area contributed by atoms with Crippen LogP contribution < -0.4 is 15.0 Å². The fourth-order valence-corrected chi connectivity index (χ4v) is 4.02. The molecule has 1 aliphatic rings. The zero-order chi connectivity index (χ0) is 20.1. The maximum Gasteiger partial charge on any atom is 0.275 e. The largest absolute Gasteiger partial charge is 0.494 e. The number of rotatable bonds is 6. The molecule has 6 nitrogen and oxygen atoms in total. The second-order valence-corrected chi connectivity index (χ2v) is 7.42. The zero-order valence-electron chi connectivity index (χ0n) is 16.3. The molecule has 0 bridgehead atoms. The van der Waals surface area contributed by atoms with Crippen LogP contribution in [0, 0.1) is 0 Å². The summed E-state index contributed by atoms with van der Waals surface area (Å²) in [6.07, 6.45) is 0. The molecular formula is C22H23N3O3S. The molecule has 0 spiro atoms. The summed E-state index contributed by atoms with van der Waals surface area (Å²) in [5, 5.41) is 5.61. The molecule has 1 saturated heterocycles. The summed E-state index contributed by atoms with van der Waals surface area (Å²) >= 11 is 1.45. The highest BCUT2D eigenvalue weighted by molar-refractivity contribution is 7.13. The molecular weight excluding hydrogens is 386 g/mol. The van der Waals surface area contributed by atoms with Gasteiger partial charge in [0.2, 0.25) is 0 Å². The number of thiazole rings is 1. The highest BCUT2D eigenvalue weighted by Crippen LogP contribution is 2.29. The molecule has 0 radical (unpaired) electrons. The first kappa shape index (κ1) is 19.4. The summed E-state index contributed by atoms with van der Waals surface area (Å²) in [4.78, 5) is 19.6. The first-order valence-corrected chi connectivity index (χ1v) is 10.5. The average Bonchev–Trinajstić information content (AvgIpc) is 3.26. The van der Waals surface area contributed by atoms with E-state index in [1.165, 1.54) is 11.3 Å². The number of aromatic nitrogens is 1. The van der Waals surface area contributed by atoms with E-state index in [9.17, 15) is 4.79 Å². The van der Waals surface area contributed by atoms with Crippen LogP contribution in [-0.4, -0.2) is 43.8 Å². The first-order chi connectivity index (χ1) is 14.2. The Balaban J connectivity index is 1.49. The molecule has 1 aromatic heterocycles. The molecule has 0 saturated carbocycles. The fourth-order valence-electron chi connectivity index (χ4n) is 3.22. The van der Waals surface area contributed by atoms with Crippen LogP contribution in [0.4, 0.5) is 11.4 Å². The number of ether oxygens (including phenoxy) is 2. The maximum absolute atomic E-state index is 12.8. The van der Waals surface area contributed by atoms with Gasteiger partial charge in [-0.1, -0.05) is 12.1 Å². The van der Waals surface area contributed by atoms with Gasteiger partial charge in [0.25, 0.3) is 5.91 Å². The predicted molar refractivity (Wildman–Crippen MR) is 116 cm³/mol. The summed E-state index contributed by atoms with van der Waals surface area (Å²) in [5.74, 6) is 0.615. The smallest absolute Gasteiger partial charge is 0.275 e. The maximum atomic E-state index is 12.8. The van der Waals surface area contributed by atoms with Crippen molar-refractivity contribution in [2.75, 3.05) is 43.1 Å². The Morgan fingerprint density at radius 3 is 2.69 bits per heavy atom. The second kappa shape index (κ2) is 9.07. The number of amides is 1. The highest BCUT2D eigenvalue weighted by atomic mass is 32.1. The van der Waals surface area contributed by atoms with Crippen LogP contribution in [0.5, 0.6) is 5.75 Å². The van der Waals surface area contributed by atoms with Gasteiger partial charge in [-0.2, -0.15) is 0 Å². The molecule has 1 amide bonds. The lowest BCUT2D eigenvalue weighted by Crippen LogP contribution is -2.36. The monoisotopic (exact) mass is 409 g/mol. The normalized spacial score (nSPS) is 13.9. The van der Waals surface area contributed by atoms with E-state index in [2.05, 4.69) is 15.2 Å². The van der Waals surface area contributed by atoms with Gasteiger partial charge >= 0.3 is 0 Å². The third-order valence-corrected chi connectivity index (χ3v) is 5.54. The van der Waals surface area contributed by atoms with Crippen LogP contribution in [0.2, 0.25) is 0 Å². The van der Waals surface area contributed by atoms with E-state index in [1.54, 1.807) is 5.38 Å². The van der Waals surface area contributed by atoms with Crippen LogP contribution in [0.15, 0.2) is 53.9 Å². The van der Waals surface area contributed by atoms with Crippen molar-refractivity contribution >= 4 is 28.6 Å². The number of carbonyl (C=O) groups excluding carboxylic acids is 1. The number of hydrogen-bond donors (Lipinski definition) is 1. The zero-order valence-corrected chi connectivity index (χ0v) is 17.1. The molecule has 3 aromatic rings. The number of nitrogens with zero attached hydrogens (tertiary/aromatic N) is 2. The van der Waals surface area contributed by atoms with Crippen LogP contribution in [0.3, 0.4) is 0 Å². The highest BCUT2D eigenvalue weighted by Gasteiger charge is 2.18. The Morgan fingerprint density at radius 2 is 1.93 bits per heavy atom. The molecule has 7 heteroatoms. The van der Waals surface area contributed by atoms with Gasteiger partial charge < -0.3 is 19.7 Å². The van der Waals surface area contributed by atoms with Crippen molar-refractivity contribution in [3.8, 4) is 16.3 Å². The molecule has 1 aliphatic heterocycles. The van der Waals surface area contributed by atoms with E-state index in [1.807, 2.05) is 55.5 Å². The van der Waals surface area contributed by atoms with Crippen LogP contribution in [0.25, 0.3) is 10.6 Å². The number of morpholine rings is 1. The molecule has 0 atom stereocenters. The van der Waals surface area contributed by atoms with Crippen LogP contribution >= 0.6 is 11.3 Å². The van der Waals surface area contributed by atoms with E-state index in [0.29, 0.717) is 25.5 Å². The Kier molecular flexibility index (Phi) is 6.07. The van der Waals surface area contributed by atoms with Crippen molar-refractivity contribution in [2.24, 2.45) is 0 Å². The number of anilines is 2. The minimum atomic E-state index is -0.209. The molecule has 29 heavy (non-hydrogen) atoms. The fraction of sp³-hybridized carbons (Fsp3) is 0.273. The lowest BCUT2D eigenvalue weighted by molar-refractivity contribution is 0.102. The number of nitrogens with one attached hydrogen (secondary N) is 1. The van der Waals surface area contributed by atoms with E-state index in [4.69, 9.17) is 9.47 Å². The average molecular weight is 410 g/mol. The molecule has 1 fully saturated rings. The number of hydrogen-bond acceptors (Lipinski definition) is 6. The summed E-state index contributed by atoms with van der Waals surface area (Å²) in [6.45, 7) is 5.60. The Labute approximate surface area is 174 Å². The van der Waals surface area contributed by atoms with Gasteiger partial charge in [0, 0.05) is 24.0 Å². The molecule has 0 unspecified atom stereocenters. The van der Waals surface area contributed by atoms with Gasteiger partial charge in [0.15, 0.2) is 0 Å². The SMILES string of the molecule is CCOc1ccc(-c2nc(C(=O)Nc3ccccc3N3CCOCC3)cs2)cc1. The Morgan fingerprint density at radius 1 is 1.17 bits per heavy atom. The molecule has 1 N–H and O–H groups in total. The lowest BCUT2D eigenvalue weighted by atomic mass is 10.2. The molecule has 2 aromatic carbocycles. The Hall–Kier alpha value is -2.90. The minimum absolute atomic E-state index is 0.209. The molecule has 0 aliphatic carbocycles. The van der Waals surface area contributed by atoms with Gasteiger partial charge in [-0.25, -0.2) is 4.98 Å². The van der Waals surface area contributed by atoms with Crippen molar-refractivity contribution in [3.05, 3.63) is 59.6 Å². The topological polar surface area (TPSA) is 63.7 Å². The van der Waals surface area contributed by atoms with Gasteiger partial charge in [0.1, 0.15) is 16.5 Å². The van der Waals surface area contributed by atoms with Gasteiger partial charge in [-0.3, -0.25) is 4.79 Å². The van der Waals surface area contributed by atoms with E-state index in [-0.39, 0.29) is 5.91 Å². The lowest BCUT2D eigenvalue weighted by Gasteiger charge is -2.30. The number of para-hydroxylation sites is 2. The third kappa shape index (κ3) is 4.58. The minimum Gasteiger partial charge on any atom is -0.494 e. The van der Waals surface area contributed by atoms with Crippen molar-refractivity contribution in [1.29, 1.82) is 0 Å². The van der Waals surface area contributed by atoms with E-state index < -0.39 is 0 Å². The summed E-state index contributed by atoms with van der Waals surface area (Å²) in [5.41, 5.74) is 3.17. The summed E-state index contributed by atoms with van der Waals surface area (Å²) in [6, 6.07) is 15.6. The quantitative estimate of drug-likeness (QED) is 0.658. The van der Waals surface area contributed by atoms with Crippen molar-refractivity contribution < 1.29 is 14.3 Å². The predicted octanol–water partition coefficient (Wildman–Crippen LogP) is 4.30. The molecule has 4 rings (SSSR count). The van der Waals surface area contributed by atoms with Crippen LogP contribution in [-0.2, 0) is 4.74 Å². The van der Waals surface area contributed by atoms with Gasteiger partial charge in [-0.05, 0) is 43.3 Å². The summed E-state index contributed by atoms with van der Waals surface area (Å²) in [7, 11) is 0. The Bertz CT molecular complexity index is 965.